The lowest BCUT2D eigenvalue weighted by molar-refractivity contribution is 0.0944. The summed E-state index contributed by atoms with van der Waals surface area (Å²) < 4.78 is 7.00. The van der Waals surface area contributed by atoms with Crippen LogP contribution >= 0.6 is 0 Å². The number of carbonyl (C=O) groups excluding carboxylic acids is 1. The number of aryl methyl sites for hydroxylation is 1. The molecule has 6 heteroatoms. The summed E-state index contributed by atoms with van der Waals surface area (Å²) in [6.45, 7) is 0.491. The second-order valence-electron chi connectivity index (χ2n) is 4.86. The number of carbonyl (C=O) groups is 1. The zero-order valence-electron chi connectivity index (χ0n) is 12.2. The molecular formula is C16H16N4O2. The summed E-state index contributed by atoms with van der Waals surface area (Å²) in [6, 6.07) is 11.4. The van der Waals surface area contributed by atoms with E-state index in [1.807, 2.05) is 30.3 Å². The Labute approximate surface area is 127 Å². The molecule has 0 aliphatic heterocycles. The second kappa shape index (κ2) is 6.26. The molecule has 0 saturated carbocycles. The molecule has 1 aromatic carbocycles. The molecule has 2 heterocycles. The maximum absolute atomic E-state index is 11.9. The van der Waals surface area contributed by atoms with Gasteiger partial charge < -0.3 is 9.73 Å². The van der Waals surface area contributed by atoms with Gasteiger partial charge in [-0.2, -0.15) is 5.10 Å². The summed E-state index contributed by atoms with van der Waals surface area (Å²) in [6.07, 6.45) is 3.83. The largest absolute Gasteiger partial charge is 0.444 e. The van der Waals surface area contributed by atoms with E-state index >= 15 is 0 Å². The minimum Gasteiger partial charge on any atom is -0.444 e. The fourth-order valence-electron chi connectivity index (χ4n) is 2.13. The number of benzene rings is 1. The van der Waals surface area contributed by atoms with Gasteiger partial charge in [0.1, 0.15) is 12.0 Å². The highest BCUT2D eigenvalue weighted by Crippen LogP contribution is 2.17. The molecule has 1 N–H and O–H groups in total. The molecule has 22 heavy (non-hydrogen) atoms. The van der Waals surface area contributed by atoms with Crippen LogP contribution in [0.3, 0.4) is 0 Å². The first-order valence-electron chi connectivity index (χ1n) is 7.00. The van der Waals surface area contributed by atoms with E-state index < -0.39 is 0 Å². The molecule has 0 aliphatic rings. The fraction of sp³-hybridized carbons (Fsp3) is 0.188. The first-order valence-corrected chi connectivity index (χ1v) is 7.00. The summed E-state index contributed by atoms with van der Waals surface area (Å²) in [5, 5.41) is 6.81. The summed E-state index contributed by atoms with van der Waals surface area (Å²) in [5.41, 5.74) is 2.28. The number of hydrogen-bond donors (Lipinski definition) is 1. The van der Waals surface area contributed by atoms with E-state index in [1.165, 1.54) is 0 Å². The zero-order valence-corrected chi connectivity index (χ0v) is 12.2. The van der Waals surface area contributed by atoms with Gasteiger partial charge in [-0.15, -0.1) is 0 Å². The zero-order chi connectivity index (χ0) is 15.4. The Kier molecular flexibility index (Phi) is 4.00. The molecule has 0 fully saturated rings. The van der Waals surface area contributed by atoms with Crippen molar-refractivity contribution in [1.29, 1.82) is 0 Å². The van der Waals surface area contributed by atoms with Gasteiger partial charge in [0.05, 0.1) is 5.69 Å². The molecule has 112 valence electrons. The quantitative estimate of drug-likeness (QED) is 0.782. The molecule has 0 atom stereocenters. The summed E-state index contributed by atoms with van der Waals surface area (Å²) in [7, 11) is 1.73. The SMILES string of the molecule is Cn1nccc1C(=O)NCCc1coc(-c2ccccc2)n1. The Morgan fingerprint density at radius 2 is 2.09 bits per heavy atom. The maximum atomic E-state index is 11.9. The van der Waals surface area contributed by atoms with Crippen molar-refractivity contribution in [3.05, 3.63) is 60.2 Å². The molecule has 3 aromatic rings. The number of hydrogen-bond acceptors (Lipinski definition) is 4. The van der Waals surface area contributed by atoms with Crippen LogP contribution in [0.2, 0.25) is 0 Å². The minimum atomic E-state index is -0.147. The summed E-state index contributed by atoms with van der Waals surface area (Å²) >= 11 is 0. The van der Waals surface area contributed by atoms with Crippen molar-refractivity contribution in [2.24, 2.45) is 7.05 Å². The molecule has 0 radical (unpaired) electrons. The van der Waals surface area contributed by atoms with Gasteiger partial charge in [-0.05, 0) is 18.2 Å². The van der Waals surface area contributed by atoms with Crippen LogP contribution in [0.15, 0.2) is 53.3 Å². The van der Waals surface area contributed by atoms with Crippen LogP contribution in [0.1, 0.15) is 16.2 Å². The Bertz CT molecular complexity index is 761. The van der Waals surface area contributed by atoms with Crippen LogP contribution < -0.4 is 5.32 Å². The molecule has 6 nitrogen and oxygen atoms in total. The number of oxazole rings is 1. The predicted molar refractivity (Wildman–Crippen MR) is 81.2 cm³/mol. The lowest BCUT2D eigenvalue weighted by Crippen LogP contribution is -2.27. The molecule has 0 bridgehead atoms. The van der Waals surface area contributed by atoms with Crippen molar-refractivity contribution in [3.8, 4) is 11.5 Å². The highest BCUT2D eigenvalue weighted by molar-refractivity contribution is 5.92. The van der Waals surface area contributed by atoms with Gasteiger partial charge in [0.2, 0.25) is 5.89 Å². The third-order valence-corrected chi connectivity index (χ3v) is 3.29. The molecule has 0 unspecified atom stereocenters. The molecule has 0 aliphatic carbocycles. The van der Waals surface area contributed by atoms with E-state index in [0.717, 1.165) is 11.3 Å². The van der Waals surface area contributed by atoms with Gasteiger partial charge in [0, 0.05) is 31.8 Å². The smallest absolute Gasteiger partial charge is 0.269 e. The number of amides is 1. The van der Waals surface area contributed by atoms with Crippen molar-refractivity contribution in [3.63, 3.8) is 0 Å². The van der Waals surface area contributed by atoms with E-state index in [9.17, 15) is 4.79 Å². The van der Waals surface area contributed by atoms with Crippen molar-refractivity contribution in [2.75, 3.05) is 6.54 Å². The second-order valence-corrected chi connectivity index (χ2v) is 4.86. The van der Waals surface area contributed by atoms with Gasteiger partial charge in [-0.1, -0.05) is 18.2 Å². The van der Waals surface area contributed by atoms with Gasteiger partial charge in [-0.3, -0.25) is 9.48 Å². The average molecular weight is 296 g/mol. The Morgan fingerprint density at radius 3 is 2.82 bits per heavy atom. The summed E-state index contributed by atoms with van der Waals surface area (Å²) in [5.74, 6) is 0.445. The first-order chi connectivity index (χ1) is 10.7. The van der Waals surface area contributed by atoms with Crippen LogP contribution in [-0.2, 0) is 13.5 Å². The van der Waals surface area contributed by atoms with E-state index in [2.05, 4.69) is 15.4 Å². The van der Waals surface area contributed by atoms with E-state index in [0.29, 0.717) is 24.6 Å². The molecule has 3 rings (SSSR count). The van der Waals surface area contributed by atoms with Crippen LogP contribution in [0.4, 0.5) is 0 Å². The van der Waals surface area contributed by atoms with Gasteiger partial charge in [0.25, 0.3) is 5.91 Å². The number of aromatic nitrogens is 3. The highest BCUT2D eigenvalue weighted by Gasteiger charge is 2.10. The molecular weight excluding hydrogens is 280 g/mol. The van der Waals surface area contributed by atoms with Crippen molar-refractivity contribution < 1.29 is 9.21 Å². The number of rotatable bonds is 5. The third-order valence-electron chi connectivity index (χ3n) is 3.29. The van der Waals surface area contributed by atoms with Crippen molar-refractivity contribution in [2.45, 2.75) is 6.42 Å². The Balaban J connectivity index is 1.56. The van der Waals surface area contributed by atoms with Crippen LogP contribution in [0, 0.1) is 0 Å². The van der Waals surface area contributed by atoms with E-state index in [-0.39, 0.29) is 5.91 Å². The summed E-state index contributed by atoms with van der Waals surface area (Å²) in [4.78, 5) is 16.3. The molecule has 2 aromatic heterocycles. The predicted octanol–water partition coefficient (Wildman–Crippen LogP) is 2.05. The highest BCUT2D eigenvalue weighted by atomic mass is 16.3. The minimum absolute atomic E-state index is 0.147. The Hall–Kier alpha value is -2.89. The van der Waals surface area contributed by atoms with Crippen LogP contribution in [0.5, 0.6) is 0 Å². The standard InChI is InChI=1S/C16H16N4O2/c1-20-14(8-10-18-20)15(21)17-9-7-13-11-22-16(19-13)12-5-3-2-4-6-12/h2-6,8,10-11H,7,9H2,1H3,(H,17,21). The average Bonchev–Trinajstić information content (AvgIpc) is 3.17. The molecule has 0 saturated heterocycles. The maximum Gasteiger partial charge on any atom is 0.269 e. The number of nitrogens with one attached hydrogen (secondary N) is 1. The monoisotopic (exact) mass is 296 g/mol. The first kappa shape index (κ1) is 14.1. The van der Waals surface area contributed by atoms with Crippen LogP contribution in [0.25, 0.3) is 11.5 Å². The lowest BCUT2D eigenvalue weighted by Gasteiger charge is -2.03. The molecule has 1 amide bonds. The number of nitrogens with zero attached hydrogens (tertiary/aromatic N) is 3. The van der Waals surface area contributed by atoms with Gasteiger partial charge in [-0.25, -0.2) is 4.98 Å². The normalized spacial score (nSPS) is 10.6. The molecule has 0 spiro atoms. The van der Waals surface area contributed by atoms with Crippen molar-refractivity contribution in [1.82, 2.24) is 20.1 Å². The van der Waals surface area contributed by atoms with Crippen molar-refractivity contribution >= 4 is 5.91 Å². The van der Waals surface area contributed by atoms with Crippen LogP contribution in [-0.4, -0.2) is 27.2 Å². The fourth-order valence-corrected chi connectivity index (χ4v) is 2.13. The third kappa shape index (κ3) is 3.06. The van der Waals surface area contributed by atoms with E-state index in [1.54, 1.807) is 30.3 Å². The lowest BCUT2D eigenvalue weighted by atomic mass is 10.2. The van der Waals surface area contributed by atoms with E-state index in [4.69, 9.17) is 4.42 Å². The van der Waals surface area contributed by atoms with Gasteiger partial charge in [0.15, 0.2) is 0 Å². The Morgan fingerprint density at radius 1 is 1.27 bits per heavy atom. The topological polar surface area (TPSA) is 73.0 Å². The van der Waals surface area contributed by atoms with Gasteiger partial charge >= 0.3 is 0 Å².